The second-order valence-electron chi connectivity index (χ2n) is 4.16. The zero-order chi connectivity index (χ0) is 14.7. The molecule has 3 rings (SSSR count). The number of aromatic amines is 1. The van der Waals surface area contributed by atoms with Crippen molar-refractivity contribution in [3.63, 3.8) is 0 Å². The molecular formula is C13H12N6O2. The number of hydrogen-bond acceptors (Lipinski definition) is 7. The molecule has 0 unspecified atom stereocenters. The van der Waals surface area contributed by atoms with Gasteiger partial charge in [-0.05, 0) is 23.8 Å². The van der Waals surface area contributed by atoms with Crippen LogP contribution in [-0.2, 0) is 0 Å². The summed E-state index contributed by atoms with van der Waals surface area (Å²) in [5.74, 6) is 1.02. The van der Waals surface area contributed by atoms with E-state index in [1.165, 1.54) is 13.4 Å². The average molecular weight is 284 g/mol. The van der Waals surface area contributed by atoms with Gasteiger partial charge in [0.15, 0.2) is 23.0 Å². The van der Waals surface area contributed by atoms with Gasteiger partial charge in [-0.15, -0.1) is 0 Å². The Labute approximate surface area is 119 Å². The maximum absolute atomic E-state index is 9.52. The third kappa shape index (κ3) is 2.59. The number of fused-ring (bicyclic) bond motifs is 1. The van der Waals surface area contributed by atoms with Crippen LogP contribution in [0.4, 0.5) is 5.82 Å². The van der Waals surface area contributed by atoms with Crippen molar-refractivity contribution >= 4 is 23.1 Å². The molecule has 0 aliphatic rings. The zero-order valence-corrected chi connectivity index (χ0v) is 11.1. The molecule has 0 saturated heterocycles. The molecule has 0 spiro atoms. The summed E-state index contributed by atoms with van der Waals surface area (Å²) in [6.07, 6.45) is 4.63. The molecule has 0 fully saturated rings. The number of rotatable bonds is 4. The molecule has 0 radical (unpaired) electrons. The predicted octanol–water partition coefficient (Wildman–Crippen LogP) is 1.51. The van der Waals surface area contributed by atoms with E-state index in [-0.39, 0.29) is 5.75 Å². The van der Waals surface area contributed by atoms with Crippen LogP contribution in [0.3, 0.4) is 0 Å². The van der Waals surface area contributed by atoms with Crippen LogP contribution in [0.5, 0.6) is 11.5 Å². The molecule has 0 saturated carbocycles. The molecule has 0 bridgehead atoms. The maximum Gasteiger partial charge on any atom is 0.161 e. The number of H-pyrrole nitrogens is 1. The topological polar surface area (TPSA) is 108 Å². The SMILES string of the molecule is COc1cc(/C=N\Nc2ncnc3[nH]ncc23)ccc1O. The lowest BCUT2D eigenvalue weighted by Gasteiger charge is -2.03. The number of methoxy groups -OCH3 is 1. The Morgan fingerprint density at radius 2 is 2.29 bits per heavy atom. The summed E-state index contributed by atoms with van der Waals surface area (Å²) in [7, 11) is 1.49. The van der Waals surface area contributed by atoms with E-state index in [1.54, 1.807) is 30.6 Å². The first-order valence-corrected chi connectivity index (χ1v) is 6.08. The van der Waals surface area contributed by atoms with Gasteiger partial charge in [-0.2, -0.15) is 10.2 Å². The van der Waals surface area contributed by atoms with Gasteiger partial charge in [0.1, 0.15) is 6.33 Å². The number of aromatic hydroxyl groups is 1. The van der Waals surface area contributed by atoms with Crippen LogP contribution in [0.25, 0.3) is 11.0 Å². The Morgan fingerprint density at radius 3 is 3.14 bits per heavy atom. The van der Waals surface area contributed by atoms with Crippen LogP contribution in [0.1, 0.15) is 5.56 Å². The van der Waals surface area contributed by atoms with Gasteiger partial charge >= 0.3 is 0 Å². The second kappa shape index (κ2) is 5.45. The lowest BCUT2D eigenvalue weighted by atomic mass is 10.2. The number of nitrogens with one attached hydrogen (secondary N) is 2. The Kier molecular flexibility index (Phi) is 3.34. The van der Waals surface area contributed by atoms with Crippen molar-refractivity contribution < 1.29 is 9.84 Å². The highest BCUT2D eigenvalue weighted by molar-refractivity contribution is 5.86. The minimum Gasteiger partial charge on any atom is -0.504 e. The quantitative estimate of drug-likeness (QED) is 0.495. The third-order valence-corrected chi connectivity index (χ3v) is 2.84. The molecule has 3 aromatic rings. The van der Waals surface area contributed by atoms with Crippen molar-refractivity contribution in [3.05, 3.63) is 36.3 Å². The number of ether oxygens (including phenoxy) is 1. The van der Waals surface area contributed by atoms with Crippen LogP contribution >= 0.6 is 0 Å². The number of benzene rings is 1. The highest BCUT2D eigenvalue weighted by atomic mass is 16.5. The Balaban J connectivity index is 1.79. The lowest BCUT2D eigenvalue weighted by molar-refractivity contribution is 0.373. The van der Waals surface area contributed by atoms with Crippen molar-refractivity contribution in [2.24, 2.45) is 5.10 Å². The molecule has 8 nitrogen and oxygen atoms in total. The van der Waals surface area contributed by atoms with Gasteiger partial charge in [-0.25, -0.2) is 9.97 Å². The van der Waals surface area contributed by atoms with E-state index < -0.39 is 0 Å². The Morgan fingerprint density at radius 1 is 1.38 bits per heavy atom. The normalized spacial score (nSPS) is 11.1. The lowest BCUT2D eigenvalue weighted by Crippen LogP contribution is -1.95. The van der Waals surface area contributed by atoms with Gasteiger partial charge in [0.25, 0.3) is 0 Å². The van der Waals surface area contributed by atoms with Crippen LogP contribution < -0.4 is 10.2 Å². The minimum atomic E-state index is 0.0820. The monoisotopic (exact) mass is 284 g/mol. The number of phenols is 1. The fourth-order valence-electron chi connectivity index (χ4n) is 1.80. The molecular weight excluding hydrogens is 272 g/mol. The average Bonchev–Trinajstić information content (AvgIpc) is 2.98. The van der Waals surface area contributed by atoms with E-state index in [0.29, 0.717) is 17.2 Å². The van der Waals surface area contributed by atoms with E-state index in [9.17, 15) is 5.11 Å². The van der Waals surface area contributed by atoms with Crippen molar-refractivity contribution in [1.29, 1.82) is 0 Å². The molecule has 106 valence electrons. The van der Waals surface area contributed by atoms with E-state index >= 15 is 0 Å². The maximum atomic E-state index is 9.52. The van der Waals surface area contributed by atoms with Gasteiger partial charge in [0.2, 0.25) is 0 Å². The second-order valence-corrected chi connectivity index (χ2v) is 4.16. The number of aromatic nitrogens is 4. The van der Waals surface area contributed by atoms with Crippen LogP contribution in [0, 0.1) is 0 Å². The first kappa shape index (κ1) is 12.9. The van der Waals surface area contributed by atoms with Crippen LogP contribution in [0.15, 0.2) is 35.8 Å². The molecule has 0 atom stereocenters. The molecule has 0 aliphatic heterocycles. The van der Waals surface area contributed by atoms with Crippen molar-refractivity contribution in [2.45, 2.75) is 0 Å². The largest absolute Gasteiger partial charge is 0.504 e. The standard InChI is InChI=1S/C13H12N6O2/c1-21-11-4-8(2-3-10(11)20)5-16-18-12-9-6-17-19-13(9)15-7-14-12/h2-7,20H,1H3,(H2,14,15,17,18,19)/b16-5-. The van der Waals surface area contributed by atoms with E-state index in [1.807, 2.05) is 0 Å². The number of nitrogens with zero attached hydrogens (tertiary/aromatic N) is 4. The van der Waals surface area contributed by atoms with E-state index in [4.69, 9.17) is 4.74 Å². The van der Waals surface area contributed by atoms with Crippen LogP contribution in [-0.4, -0.2) is 38.6 Å². The minimum absolute atomic E-state index is 0.0820. The fraction of sp³-hybridized carbons (Fsp3) is 0.0769. The van der Waals surface area contributed by atoms with Gasteiger partial charge in [0.05, 0.1) is 24.9 Å². The highest BCUT2D eigenvalue weighted by Gasteiger charge is 2.04. The molecule has 21 heavy (non-hydrogen) atoms. The predicted molar refractivity (Wildman–Crippen MR) is 77.6 cm³/mol. The van der Waals surface area contributed by atoms with E-state index in [0.717, 1.165) is 10.9 Å². The number of phenolic OH excluding ortho intramolecular Hbond substituents is 1. The summed E-state index contributed by atoms with van der Waals surface area (Å²) in [4.78, 5) is 8.13. The summed E-state index contributed by atoms with van der Waals surface area (Å²) in [5.41, 5.74) is 4.24. The van der Waals surface area contributed by atoms with Crippen molar-refractivity contribution in [2.75, 3.05) is 12.5 Å². The number of hydrazone groups is 1. The zero-order valence-electron chi connectivity index (χ0n) is 11.1. The Bertz CT molecular complexity index is 798. The van der Waals surface area contributed by atoms with Crippen molar-refractivity contribution in [3.8, 4) is 11.5 Å². The van der Waals surface area contributed by atoms with Crippen LogP contribution in [0.2, 0.25) is 0 Å². The molecule has 0 aliphatic carbocycles. The van der Waals surface area contributed by atoms with Crippen molar-refractivity contribution in [1.82, 2.24) is 20.2 Å². The van der Waals surface area contributed by atoms with E-state index in [2.05, 4.69) is 30.7 Å². The molecule has 1 aromatic carbocycles. The molecule has 2 aromatic heterocycles. The summed E-state index contributed by atoms with van der Waals surface area (Å²) >= 11 is 0. The molecule has 0 amide bonds. The highest BCUT2D eigenvalue weighted by Crippen LogP contribution is 2.25. The van der Waals surface area contributed by atoms with Gasteiger partial charge in [-0.1, -0.05) is 0 Å². The smallest absolute Gasteiger partial charge is 0.161 e. The first-order valence-electron chi connectivity index (χ1n) is 6.08. The number of anilines is 1. The summed E-state index contributed by atoms with van der Waals surface area (Å²) in [6, 6.07) is 4.93. The first-order chi connectivity index (χ1) is 10.3. The summed E-state index contributed by atoms with van der Waals surface area (Å²) < 4.78 is 5.03. The van der Waals surface area contributed by atoms with Gasteiger partial charge in [-0.3, -0.25) is 10.5 Å². The molecule has 3 N–H and O–H groups in total. The fourth-order valence-corrected chi connectivity index (χ4v) is 1.80. The number of hydrogen-bond donors (Lipinski definition) is 3. The van der Waals surface area contributed by atoms with Gasteiger partial charge < -0.3 is 9.84 Å². The molecule has 2 heterocycles. The van der Waals surface area contributed by atoms with Gasteiger partial charge in [0, 0.05) is 0 Å². The summed E-state index contributed by atoms with van der Waals surface area (Å²) in [6.45, 7) is 0. The third-order valence-electron chi connectivity index (χ3n) is 2.84. The summed E-state index contributed by atoms with van der Waals surface area (Å²) in [5, 5.41) is 21.0. The Hall–Kier alpha value is -3.16. The molecule has 8 heteroatoms.